The van der Waals surface area contributed by atoms with Gasteiger partial charge >= 0.3 is 0 Å². The molecule has 3 aromatic heterocycles. The number of carbonyl (C=O) groups is 2. The van der Waals surface area contributed by atoms with Crippen LogP contribution in [0.4, 0.5) is 11.4 Å². The minimum atomic E-state index is -0.503. The van der Waals surface area contributed by atoms with E-state index in [1.54, 1.807) is 37.1 Å². The Morgan fingerprint density at radius 1 is 0.943 bits per heavy atom. The Balaban J connectivity index is 1.40. The van der Waals surface area contributed by atoms with Crippen LogP contribution in [-0.2, 0) is 20.7 Å². The molecule has 0 aliphatic heterocycles. The molecule has 10 heteroatoms. The van der Waals surface area contributed by atoms with Gasteiger partial charge in [0, 0.05) is 14.1 Å². The van der Waals surface area contributed by atoms with Crippen LogP contribution in [0.15, 0.2) is 53.2 Å². The Morgan fingerprint density at radius 3 is 2.26 bits per heavy atom. The normalized spacial score (nSPS) is 11.0. The second kappa shape index (κ2) is 9.88. The van der Waals surface area contributed by atoms with E-state index in [1.807, 2.05) is 31.2 Å². The van der Waals surface area contributed by atoms with Gasteiger partial charge < -0.3 is 19.8 Å². The highest BCUT2D eigenvalue weighted by atomic mass is 16.5. The molecule has 4 rings (SSSR count). The first-order valence-corrected chi connectivity index (χ1v) is 11.2. The summed E-state index contributed by atoms with van der Waals surface area (Å²) in [5, 5.41) is 13.7. The smallest absolute Gasteiger partial charge is 0.291 e. The Labute approximate surface area is 202 Å². The van der Waals surface area contributed by atoms with Crippen LogP contribution in [-0.4, -0.2) is 31.4 Å². The van der Waals surface area contributed by atoms with E-state index in [4.69, 9.17) is 9.15 Å². The summed E-state index contributed by atoms with van der Waals surface area (Å²) in [6.45, 7) is 6.29. The van der Waals surface area contributed by atoms with Crippen molar-refractivity contribution in [3.8, 4) is 5.75 Å². The largest absolute Gasteiger partial charge is 0.486 e. The van der Waals surface area contributed by atoms with E-state index < -0.39 is 11.8 Å². The lowest BCUT2D eigenvalue weighted by Crippen LogP contribution is -2.20. The average Bonchev–Trinajstić information content (AvgIpc) is 3.54. The monoisotopic (exact) mass is 476 g/mol. The third-order valence-electron chi connectivity index (χ3n) is 5.70. The summed E-state index contributed by atoms with van der Waals surface area (Å²) in [5.74, 6) is 0.828. The van der Waals surface area contributed by atoms with Gasteiger partial charge in [-0.25, -0.2) is 0 Å². The lowest BCUT2D eigenvalue weighted by atomic mass is 10.0. The summed E-state index contributed by atoms with van der Waals surface area (Å²) >= 11 is 0. The summed E-state index contributed by atoms with van der Waals surface area (Å²) in [4.78, 5) is 25.7. The van der Waals surface area contributed by atoms with Crippen LogP contribution in [0.1, 0.15) is 57.8 Å². The van der Waals surface area contributed by atoms with E-state index in [-0.39, 0.29) is 23.7 Å². The summed E-state index contributed by atoms with van der Waals surface area (Å²) in [6.07, 6.45) is 2.98. The van der Waals surface area contributed by atoms with Crippen LogP contribution in [0.5, 0.6) is 5.75 Å². The van der Waals surface area contributed by atoms with Crippen molar-refractivity contribution in [2.75, 3.05) is 10.6 Å². The Bertz CT molecular complexity index is 1350. The van der Waals surface area contributed by atoms with Gasteiger partial charge in [-0.2, -0.15) is 10.2 Å². The molecule has 0 radical (unpaired) electrons. The molecule has 0 spiro atoms. The van der Waals surface area contributed by atoms with E-state index in [2.05, 4.69) is 34.7 Å². The molecule has 1 aromatic carbocycles. The number of anilines is 2. The second-order valence-corrected chi connectivity index (χ2v) is 8.48. The summed E-state index contributed by atoms with van der Waals surface area (Å²) < 4.78 is 14.5. The zero-order valence-electron chi connectivity index (χ0n) is 20.3. The fourth-order valence-electron chi connectivity index (χ4n) is 3.47. The van der Waals surface area contributed by atoms with Gasteiger partial charge in [-0.1, -0.05) is 26.0 Å². The van der Waals surface area contributed by atoms with E-state index >= 15 is 0 Å². The number of ether oxygens (including phenoxy) is 1. The molecule has 4 aromatic rings. The number of nitrogens with zero attached hydrogens (tertiary/aromatic N) is 4. The average molecular weight is 477 g/mol. The molecule has 35 heavy (non-hydrogen) atoms. The third kappa shape index (κ3) is 5.26. The van der Waals surface area contributed by atoms with Gasteiger partial charge in [0.05, 0.1) is 29.5 Å². The number of hydrogen-bond acceptors (Lipinski definition) is 6. The molecular weight excluding hydrogens is 448 g/mol. The van der Waals surface area contributed by atoms with Gasteiger partial charge in [0.25, 0.3) is 11.8 Å². The number of aryl methyl sites for hydroxylation is 2. The molecule has 182 valence electrons. The number of benzene rings is 1. The molecule has 0 atom stereocenters. The maximum Gasteiger partial charge on any atom is 0.291 e. The summed E-state index contributed by atoms with van der Waals surface area (Å²) in [6, 6.07) is 11.1. The summed E-state index contributed by atoms with van der Waals surface area (Å²) in [7, 11) is 3.41. The number of nitrogens with one attached hydrogen (secondary N) is 2. The maximum atomic E-state index is 12.9. The number of hydrogen-bond donors (Lipinski definition) is 2. The topological polar surface area (TPSA) is 116 Å². The Kier molecular flexibility index (Phi) is 6.72. The van der Waals surface area contributed by atoms with Gasteiger partial charge in [-0.3, -0.25) is 19.0 Å². The van der Waals surface area contributed by atoms with Gasteiger partial charge in [0.2, 0.25) is 0 Å². The Morgan fingerprint density at radius 2 is 1.60 bits per heavy atom. The van der Waals surface area contributed by atoms with E-state index in [1.165, 1.54) is 16.4 Å². The standard InChI is InChI=1S/C25H28N6O4/c1-15(2)17-6-8-18(9-7-17)34-14-19-10-11-22(35-19)24(32)29-21-13-27-31(5)23(21)25(33)28-20-12-26-30(4)16(20)3/h6-13,15H,14H2,1-5H3,(H,28,33)(H,29,32). The zero-order valence-corrected chi connectivity index (χ0v) is 20.3. The van der Waals surface area contributed by atoms with Gasteiger partial charge in [0.1, 0.15) is 23.8 Å². The second-order valence-electron chi connectivity index (χ2n) is 8.48. The number of rotatable bonds is 8. The minimum absolute atomic E-state index is 0.0945. The molecule has 0 bridgehead atoms. The predicted octanol–water partition coefficient (Wildman–Crippen LogP) is 4.26. The van der Waals surface area contributed by atoms with Gasteiger partial charge in [-0.05, 0) is 42.7 Å². The first kappa shape index (κ1) is 23.8. The molecule has 0 aliphatic carbocycles. The molecule has 0 saturated carbocycles. The lowest BCUT2D eigenvalue weighted by molar-refractivity contribution is 0.0992. The molecule has 0 aliphatic rings. The van der Waals surface area contributed by atoms with E-state index in [0.717, 1.165) is 5.69 Å². The molecule has 2 amide bonds. The number of furan rings is 1. The highest BCUT2D eigenvalue weighted by Gasteiger charge is 2.22. The number of aromatic nitrogens is 4. The fraction of sp³-hybridized carbons (Fsp3) is 0.280. The first-order valence-electron chi connectivity index (χ1n) is 11.2. The van der Waals surface area contributed by atoms with Crippen molar-refractivity contribution in [2.45, 2.75) is 33.3 Å². The van der Waals surface area contributed by atoms with E-state index in [9.17, 15) is 9.59 Å². The van der Waals surface area contributed by atoms with Crippen LogP contribution >= 0.6 is 0 Å². The van der Waals surface area contributed by atoms with Crippen LogP contribution < -0.4 is 15.4 Å². The molecular formula is C25H28N6O4. The molecule has 10 nitrogen and oxygen atoms in total. The van der Waals surface area contributed by atoms with Crippen molar-refractivity contribution in [3.63, 3.8) is 0 Å². The van der Waals surface area contributed by atoms with Gasteiger partial charge in [-0.15, -0.1) is 0 Å². The van der Waals surface area contributed by atoms with Crippen molar-refractivity contribution in [3.05, 3.63) is 77.3 Å². The quantitative estimate of drug-likeness (QED) is 0.392. The predicted molar refractivity (Wildman–Crippen MR) is 131 cm³/mol. The Hall–Kier alpha value is -4.34. The number of carbonyl (C=O) groups excluding carboxylic acids is 2. The van der Waals surface area contributed by atoms with E-state index in [0.29, 0.717) is 23.1 Å². The van der Waals surface area contributed by atoms with Crippen molar-refractivity contribution in [2.24, 2.45) is 14.1 Å². The van der Waals surface area contributed by atoms with Crippen molar-refractivity contribution in [1.29, 1.82) is 0 Å². The maximum absolute atomic E-state index is 12.9. The molecule has 0 unspecified atom stereocenters. The van der Waals surface area contributed by atoms with Crippen LogP contribution in [0.3, 0.4) is 0 Å². The lowest BCUT2D eigenvalue weighted by Gasteiger charge is -2.08. The fourth-order valence-corrected chi connectivity index (χ4v) is 3.47. The van der Waals surface area contributed by atoms with Crippen molar-refractivity contribution in [1.82, 2.24) is 19.6 Å². The highest BCUT2D eigenvalue weighted by Crippen LogP contribution is 2.22. The van der Waals surface area contributed by atoms with Crippen LogP contribution in [0.25, 0.3) is 0 Å². The molecule has 2 N–H and O–H groups in total. The number of amides is 2. The van der Waals surface area contributed by atoms with Crippen LogP contribution in [0.2, 0.25) is 0 Å². The zero-order chi connectivity index (χ0) is 25.1. The van der Waals surface area contributed by atoms with Crippen molar-refractivity contribution < 1.29 is 18.7 Å². The van der Waals surface area contributed by atoms with Crippen molar-refractivity contribution >= 4 is 23.2 Å². The summed E-state index contributed by atoms with van der Waals surface area (Å²) in [5.41, 5.74) is 3.06. The molecule has 0 fully saturated rings. The SMILES string of the molecule is Cc1c(NC(=O)c2c(NC(=O)c3ccc(COc4ccc(C(C)C)cc4)o3)cnn2C)cnn1C. The molecule has 0 saturated heterocycles. The molecule has 3 heterocycles. The first-order chi connectivity index (χ1) is 16.7. The minimum Gasteiger partial charge on any atom is -0.486 e. The van der Waals surface area contributed by atoms with Gasteiger partial charge in [0.15, 0.2) is 5.76 Å². The highest BCUT2D eigenvalue weighted by molar-refractivity contribution is 6.11. The van der Waals surface area contributed by atoms with Crippen LogP contribution in [0, 0.1) is 6.92 Å². The third-order valence-corrected chi connectivity index (χ3v) is 5.70.